The molecular formula is C14H18ClNOS. The zero-order valence-corrected chi connectivity index (χ0v) is 12.3. The Morgan fingerprint density at radius 1 is 1.39 bits per heavy atom. The molecule has 0 bridgehead atoms. The third kappa shape index (κ3) is 3.15. The maximum atomic E-state index is 6.13. The van der Waals surface area contributed by atoms with E-state index in [1.165, 1.54) is 0 Å². The van der Waals surface area contributed by atoms with Gasteiger partial charge in [-0.05, 0) is 49.9 Å². The van der Waals surface area contributed by atoms with Gasteiger partial charge >= 0.3 is 0 Å². The highest BCUT2D eigenvalue weighted by atomic mass is 35.5. The van der Waals surface area contributed by atoms with Crippen LogP contribution in [-0.2, 0) is 0 Å². The Bertz CT molecular complexity index is 460. The van der Waals surface area contributed by atoms with E-state index in [2.05, 4.69) is 0 Å². The molecule has 1 saturated carbocycles. The highest BCUT2D eigenvalue weighted by Gasteiger charge is 2.43. The van der Waals surface area contributed by atoms with Gasteiger partial charge < -0.3 is 10.5 Å². The SMILES string of the molecule is Cc1cc(OCC2(CC(N)=S)CC2)cc(C)c1Cl. The Labute approximate surface area is 118 Å². The first kappa shape index (κ1) is 13.6. The van der Waals surface area contributed by atoms with E-state index in [0.29, 0.717) is 11.6 Å². The summed E-state index contributed by atoms with van der Waals surface area (Å²) in [6, 6.07) is 3.96. The van der Waals surface area contributed by atoms with Crippen LogP contribution in [0.4, 0.5) is 0 Å². The fourth-order valence-corrected chi connectivity index (χ4v) is 2.56. The average Bonchev–Trinajstić information content (AvgIpc) is 3.02. The summed E-state index contributed by atoms with van der Waals surface area (Å²) >= 11 is 11.1. The summed E-state index contributed by atoms with van der Waals surface area (Å²) in [6.45, 7) is 4.67. The third-order valence-corrected chi connectivity index (χ3v) is 4.20. The molecule has 0 aliphatic heterocycles. The van der Waals surface area contributed by atoms with Gasteiger partial charge in [-0.3, -0.25) is 0 Å². The molecule has 0 amide bonds. The number of hydrogen-bond acceptors (Lipinski definition) is 2. The van der Waals surface area contributed by atoms with Crippen molar-refractivity contribution >= 4 is 28.8 Å². The van der Waals surface area contributed by atoms with Crippen molar-refractivity contribution in [3.63, 3.8) is 0 Å². The van der Waals surface area contributed by atoms with Crippen molar-refractivity contribution in [2.45, 2.75) is 33.1 Å². The number of aryl methyl sites for hydroxylation is 2. The monoisotopic (exact) mass is 283 g/mol. The summed E-state index contributed by atoms with van der Waals surface area (Å²) in [7, 11) is 0. The predicted molar refractivity (Wildman–Crippen MR) is 79.5 cm³/mol. The molecule has 1 aromatic rings. The highest BCUT2D eigenvalue weighted by Crippen LogP contribution is 2.49. The molecule has 0 spiro atoms. The lowest BCUT2D eigenvalue weighted by molar-refractivity contribution is 0.239. The minimum atomic E-state index is 0.188. The standard InChI is InChI=1S/C14H18ClNOS/c1-9-5-11(6-10(2)13(9)15)17-8-14(3-4-14)7-12(16)18/h5-6H,3-4,7-8H2,1-2H3,(H2,16,18). The number of rotatable bonds is 5. The Kier molecular flexibility index (Phi) is 3.83. The van der Waals surface area contributed by atoms with Crippen LogP contribution in [-0.4, -0.2) is 11.6 Å². The quantitative estimate of drug-likeness (QED) is 0.835. The molecule has 0 atom stereocenters. The van der Waals surface area contributed by atoms with Crippen LogP contribution in [0.2, 0.25) is 5.02 Å². The number of hydrogen-bond donors (Lipinski definition) is 1. The predicted octanol–water partition coefficient (Wildman–Crippen LogP) is 3.79. The largest absolute Gasteiger partial charge is 0.493 e. The molecule has 2 nitrogen and oxygen atoms in total. The lowest BCUT2D eigenvalue weighted by atomic mass is 10.0. The van der Waals surface area contributed by atoms with Gasteiger partial charge in [0.2, 0.25) is 0 Å². The molecule has 1 aliphatic rings. The van der Waals surface area contributed by atoms with Gasteiger partial charge in [0.25, 0.3) is 0 Å². The van der Waals surface area contributed by atoms with Crippen molar-refractivity contribution < 1.29 is 4.74 Å². The molecule has 1 fully saturated rings. The van der Waals surface area contributed by atoms with Crippen LogP contribution in [0, 0.1) is 19.3 Å². The molecule has 2 N–H and O–H groups in total. The number of nitrogens with two attached hydrogens (primary N) is 1. The summed E-state index contributed by atoms with van der Waals surface area (Å²) < 4.78 is 5.88. The molecule has 98 valence electrons. The van der Waals surface area contributed by atoms with Crippen LogP contribution < -0.4 is 10.5 Å². The fourth-order valence-electron chi connectivity index (χ4n) is 2.14. The molecule has 0 heterocycles. The molecule has 4 heteroatoms. The molecule has 0 saturated heterocycles. The van der Waals surface area contributed by atoms with E-state index in [4.69, 9.17) is 34.3 Å². The third-order valence-electron chi connectivity index (χ3n) is 3.46. The number of thiocarbonyl (C=S) groups is 1. The Hall–Kier alpha value is -0.800. The Morgan fingerprint density at radius 3 is 2.39 bits per heavy atom. The van der Waals surface area contributed by atoms with E-state index < -0.39 is 0 Å². The summed E-state index contributed by atoms with van der Waals surface area (Å²) in [5.74, 6) is 0.878. The summed E-state index contributed by atoms with van der Waals surface area (Å²) in [4.78, 5) is 0.583. The van der Waals surface area contributed by atoms with Crippen LogP contribution in [0.15, 0.2) is 12.1 Å². The van der Waals surface area contributed by atoms with Gasteiger partial charge in [-0.25, -0.2) is 0 Å². The minimum Gasteiger partial charge on any atom is -0.493 e. The maximum Gasteiger partial charge on any atom is 0.119 e. The molecule has 18 heavy (non-hydrogen) atoms. The second-order valence-electron chi connectivity index (χ2n) is 5.30. The molecule has 0 radical (unpaired) electrons. The maximum absolute atomic E-state index is 6.13. The van der Waals surface area contributed by atoms with E-state index in [9.17, 15) is 0 Å². The normalized spacial score (nSPS) is 16.4. The minimum absolute atomic E-state index is 0.188. The molecule has 2 rings (SSSR count). The summed E-state index contributed by atoms with van der Waals surface area (Å²) in [6.07, 6.45) is 3.08. The zero-order valence-electron chi connectivity index (χ0n) is 10.8. The Morgan fingerprint density at radius 2 is 1.94 bits per heavy atom. The highest BCUT2D eigenvalue weighted by molar-refractivity contribution is 7.80. The molecule has 1 aliphatic carbocycles. The van der Waals surface area contributed by atoms with Crippen LogP contribution in [0.1, 0.15) is 30.4 Å². The number of halogens is 1. The van der Waals surface area contributed by atoms with Crippen molar-refractivity contribution in [3.05, 3.63) is 28.3 Å². The van der Waals surface area contributed by atoms with Gasteiger partial charge in [0, 0.05) is 16.9 Å². The molecule has 0 unspecified atom stereocenters. The van der Waals surface area contributed by atoms with Crippen molar-refractivity contribution in [2.75, 3.05) is 6.61 Å². The van der Waals surface area contributed by atoms with E-state index >= 15 is 0 Å². The summed E-state index contributed by atoms with van der Waals surface area (Å²) in [5, 5.41) is 0.812. The smallest absolute Gasteiger partial charge is 0.119 e. The van der Waals surface area contributed by atoms with Gasteiger partial charge in [0.05, 0.1) is 11.6 Å². The lowest BCUT2D eigenvalue weighted by Gasteiger charge is -2.16. The van der Waals surface area contributed by atoms with Crippen LogP contribution in [0.25, 0.3) is 0 Å². The Balaban J connectivity index is 2.01. The van der Waals surface area contributed by atoms with Gasteiger partial charge in [0.15, 0.2) is 0 Å². The van der Waals surface area contributed by atoms with E-state index in [1.807, 2.05) is 26.0 Å². The van der Waals surface area contributed by atoms with Crippen molar-refractivity contribution in [3.8, 4) is 5.75 Å². The second-order valence-corrected chi connectivity index (χ2v) is 6.21. The van der Waals surface area contributed by atoms with E-state index in [-0.39, 0.29) is 5.41 Å². The first-order valence-corrected chi connectivity index (χ1v) is 6.88. The topological polar surface area (TPSA) is 35.2 Å². The molecule has 0 aromatic heterocycles. The van der Waals surface area contributed by atoms with E-state index in [1.54, 1.807) is 0 Å². The van der Waals surface area contributed by atoms with Gasteiger partial charge in [-0.2, -0.15) is 0 Å². The first-order chi connectivity index (χ1) is 8.42. The van der Waals surface area contributed by atoms with Crippen molar-refractivity contribution in [1.82, 2.24) is 0 Å². The molecular weight excluding hydrogens is 266 g/mol. The second kappa shape index (κ2) is 5.06. The zero-order chi connectivity index (χ0) is 13.3. The van der Waals surface area contributed by atoms with Crippen LogP contribution >= 0.6 is 23.8 Å². The number of ether oxygens (including phenoxy) is 1. The van der Waals surface area contributed by atoms with Gasteiger partial charge in [0.1, 0.15) is 5.75 Å². The van der Waals surface area contributed by atoms with E-state index in [0.717, 1.165) is 41.2 Å². The van der Waals surface area contributed by atoms with Crippen LogP contribution in [0.3, 0.4) is 0 Å². The lowest BCUT2D eigenvalue weighted by Crippen LogP contribution is -2.21. The summed E-state index contributed by atoms with van der Waals surface area (Å²) in [5.41, 5.74) is 7.90. The first-order valence-electron chi connectivity index (χ1n) is 6.10. The van der Waals surface area contributed by atoms with Gasteiger partial charge in [-0.1, -0.05) is 23.8 Å². The number of benzene rings is 1. The molecule has 1 aromatic carbocycles. The average molecular weight is 284 g/mol. The van der Waals surface area contributed by atoms with Crippen LogP contribution in [0.5, 0.6) is 5.75 Å². The van der Waals surface area contributed by atoms with Crippen molar-refractivity contribution in [2.24, 2.45) is 11.1 Å². The fraction of sp³-hybridized carbons (Fsp3) is 0.500. The van der Waals surface area contributed by atoms with Gasteiger partial charge in [-0.15, -0.1) is 0 Å². The van der Waals surface area contributed by atoms with Crippen molar-refractivity contribution in [1.29, 1.82) is 0 Å².